The zero-order chi connectivity index (χ0) is 8.10. The maximum absolute atomic E-state index is 9.67. The summed E-state index contributed by atoms with van der Waals surface area (Å²) in [6.07, 6.45) is 1.73. The SMILES string of the molecule is Cc1ccc(CO[C]=O)nc1. The Hall–Kier alpha value is -1.38. The van der Waals surface area contributed by atoms with Gasteiger partial charge in [-0.15, -0.1) is 0 Å². The van der Waals surface area contributed by atoms with Gasteiger partial charge in [0.05, 0.1) is 5.69 Å². The number of hydrogen-bond acceptors (Lipinski definition) is 3. The van der Waals surface area contributed by atoms with Crippen molar-refractivity contribution in [1.29, 1.82) is 0 Å². The van der Waals surface area contributed by atoms with Crippen LogP contribution in [0.5, 0.6) is 0 Å². The first-order valence-corrected chi connectivity index (χ1v) is 3.23. The van der Waals surface area contributed by atoms with E-state index in [4.69, 9.17) is 0 Å². The van der Waals surface area contributed by atoms with Crippen LogP contribution in [0.4, 0.5) is 0 Å². The Morgan fingerprint density at radius 1 is 1.64 bits per heavy atom. The number of pyridine rings is 1. The van der Waals surface area contributed by atoms with Crippen LogP contribution in [0.3, 0.4) is 0 Å². The lowest BCUT2D eigenvalue weighted by Gasteiger charge is -1.96. The highest BCUT2D eigenvalue weighted by molar-refractivity contribution is 5.38. The third-order valence-corrected chi connectivity index (χ3v) is 1.25. The van der Waals surface area contributed by atoms with Gasteiger partial charge in [0.15, 0.2) is 0 Å². The van der Waals surface area contributed by atoms with Crippen molar-refractivity contribution in [2.75, 3.05) is 0 Å². The zero-order valence-electron chi connectivity index (χ0n) is 6.20. The number of nitrogens with zero attached hydrogens (tertiary/aromatic N) is 1. The Bertz CT molecular complexity index is 230. The average molecular weight is 150 g/mol. The van der Waals surface area contributed by atoms with Crippen LogP contribution in [0.15, 0.2) is 18.3 Å². The van der Waals surface area contributed by atoms with Crippen LogP contribution < -0.4 is 0 Å². The van der Waals surface area contributed by atoms with Gasteiger partial charge in [0.25, 0.3) is 0 Å². The lowest BCUT2D eigenvalue weighted by molar-refractivity contribution is 0.263. The van der Waals surface area contributed by atoms with Crippen molar-refractivity contribution in [3.8, 4) is 0 Å². The fraction of sp³-hybridized carbons (Fsp3) is 0.250. The van der Waals surface area contributed by atoms with Gasteiger partial charge in [-0.25, -0.2) is 4.79 Å². The molecule has 1 radical (unpaired) electrons. The smallest absolute Gasteiger partial charge is 0.417 e. The highest BCUT2D eigenvalue weighted by atomic mass is 16.5. The minimum atomic E-state index is 0.198. The summed E-state index contributed by atoms with van der Waals surface area (Å²) in [5.41, 5.74) is 1.82. The lowest BCUT2D eigenvalue weighted by atomic mass is 10.3. The molecule has 3 nitrogen and oxygen atoms in total. The van der Waals surface area contributed by atoms with Crippen molar-refractivity contribution in [3.63, 3.8) is 0 Å². The second-order valence-corrected chi connectivity index (χ2v) is 2.20. The standard InChI is InChI=1S/C8H8NO2/c1-7-2-3-8(9-4-7)5-11-6-10/h2-4H,5H2,1H3. The molecule has 0 bridgehead atoms. The van der Waals surface area contributed by atoms with Crippen LogP contribution in [0.25, 0.3) is 0 Å². The van der Waals surface area contributed by atoms with Gasteiger partial charge in [0.1, 0.15) is 6.61 Å². The van der Waals surface area contributed by atoms with Crippen LogP contribution in [0, 0.1) is 6.92 Å². The van der Waals surface area contributed by atoms with Crippen molar-refractivity contribution in [3.05, 3.63) is 29.6 Å². The quantitative estimate of drug-likeness (QED) is 0.644. The molecular weight excluding hydrogens is 142 g/mol. The predicted molar refractivity (Wildman–Crippen MR) is 39.5 cm³/mol. The molecule has 57 valence electrons. The van der Waals surface area contributed by atoms with E-state index in [2.05, 4.69) is 9.72 Å². The molecule has 0 amide bonds. The minimum Gasteiger partial charge on any atom is -0.451 e. The lowest BCUT2D eigenvalue weighted by Crippen LogP contribution is -1.93. The first kappa shape index (κ1) is 7.72. The first-order valence-electron chi connectivity index (χ1n) is 3.23. The van der Waals surface area contributed by atoms with Crippen LogP contribution >= 0.6 is 0 Å². The van der Waals surface area contributed by atoms with Gasteiger partial charge in [-0.3, -0.25) is 4.98 Å². The fourth-order valence-corrected chi connectivity index (χ4v) is 0.687. The Labute approximate surface area is 65.0 Å². The molecule has 1 aromatic heterocycles. The third-order valence-electron chi connectivity index (χ3n) is 1.25. The van der Waals surface area contributed by atoms with Crippen molar-refractivity contribution < 1.29 is 9.53 Å². The molecule has 0 aromatic carbocycles. The van der Waals surface area contributed by atoms with Gasteiger partial charge in [0, 0.05) is 6.20 Å². The van der Waals surface area contributed by atoms with Crippen molar-refractivity contribution in [2.24, 2.45) is 0 Å². The minimum absolute atomic E-state index is 0.198. The van der Waals surface area contributed by atoms with E-state index in [1.807, 2.05) is 19.1 Å². The number of ether oxygens (including phenoxy) is 1. The largest absolute Gasteiger partial charge is 0.451 e. The topological polar surface area (TPSA) is 39.2 Å². The molecule has 3 heteroatoms. The average Bonchev–Trinajstić information content (AvgIpc) is 2.04. The normalized spacial score (nSPS) is 9.18. The van der Waals surface area contributed by atoms with Gasteiger partial charge in [-0.05, 0) is 18.6 Å². The molecule has 0 aliphatic carbocycles. The molecule has 0 saturated heterocycles. The van der Waals surface area contributed by atoms with Gasteiger partial charge in [-0.2, -0.15) is 0 Å². The van der Waals surface area contributed by atoms with E-state index in [9.17, 15) is 4.79 Å². The van der Waals surface area contributed by atoms with Crippen molar-refractivity contribution in [1.82, 2.24) is 4.98 Å². The van der Waals surface area contributed by atoms with Gasteiger partial charge < -0.3 is 4.74 Å². The maximum Gasteiger partial charge on any atom is 0.417 e. The Morgan fingerprint density at radius 2 is 2.45 bits per heavy atom. The summed E-state index contributed by atoms with van der Waals surface area (Å²) in [5, 5.41) is 0. The molecule has 0 saturated carbocycles. The van der Waals surface area contributed by atoms with E-state index in [1.54, 1.807) is 6.20 Å². The van der Waals surface area contributed by atoms with E-state index in [-0.39, 0.29) is 6.61 Å². The number of aryl methyl sites for hydroxylation is 1. The van der Waals surface area contributed by atoms with Crippen LogP contribution in [0.1, 0.15) is 11.3 Å². The summed E-state index contributed by atoms with van der Waals surface area (Å²) in [4.78, 5) is 13.7. The number of rotatable bonds is 3. The second kappa shape index (κ2) is 3.71. The van der Waals surface area contributed by atoms with Crippen LogP contribution in [-0.4, -0.2) is 11.5 Å². The molecule has 1 rings (SSSR count). The summed E-state index contributed by atoms with van der Waals surface area (Å²) in [6, 6.07) is 3.73. The molecular formula is C8H8NO2. The van der Waals surface area contributed by atoms with E-state index in [0.717, 1.165) is 11.3 Å². The molecule has 0 N–H and O–H groups in total. The zero-order valence-corrected chi connectivity index (χ0v) is 6.20. The highest BCUT2D eigenvalue weighted by Crippen LogP contribution is 1.98. The van der Waals surface area contributed by atoms with Gasteiger partial charge >= 0.3 is 6.47 Å². The summed E-state index contributed by atoms with van der Waals surface area (Å²) < 4.78 is 4.39. The van der Waals surface area contributed by atoms with Crippen LogP contribution in [0.2, 0.25) is 0 Å². The molecule has 0 unspecified atom stereocenters. The predicted octanol–water partition coefficient (Wildman–Crippen LogP) is 0.974. The summed E-state index contributed by atoms with van der Waals surface area (Å²) in [5.74, 6) is 0. The highest BCUT2D eigenvalue weighted by Gasteiger charge is 1.92. The van der Waals surface area contributed by atoms with E-state index >= 15 is 0 Å². The van der Waals surface area contributed by atoms with Crippen molar-refractivity contribution >= 4 is 6.47 Å². The number of aromatic nitrogens is 1. The molecule has 1 heterocycles. The summed E-state index contributed by atoms with van der Waals surface area (Å²) >= 11 is 0. The van der Waals surface area contributed by atoms with Crippen LogP contribution in [-0.2, 0) is 16.1 Å². The molecule has 0 aliphatic rings. The monoisotopic (exact) mass is 150 g/mol. The van der Waals surface area contributed by atoms with Crippen molar-refractivity contribution in [2.45, 2.75) is 13.5 Å². The number of carbonyl (C=O) groups excluding carboxylic acids is 1. The van der Waals surface area contributed by atoms with E-state index in [1.165, 1.54) is 6.47 Å². The summed E-state index contributed by atoms with van der Waals surface area (Å²) in [6.45, 7) is 3.49. The molecule has 0 aliphatic heterocycles. The molecule has 1 aromatic rings. The van der Waals surface area contributed by atoms with Gasteiger partial charge in [0.2, 0.25) is 0 Å². The molecule has 0 fully saturated rings. The van der Waals surface area contributed by atoms with Gasteiger partial charge in [-0.1, -0.05) is 6.07 Å². The molecule has 11 heavy (non-hydrogen) atoms. The Kier molecular flexibility index (Phi) is 2.60. The third kappa shape index (κ3) is 2.37. The Balaban J connectivity index is 2.58. The fourth-order valence-electron chi connectivity index (χ4n) is 0.687. The van der Waals surface area contributed by atoms with E-state index < -0.39 is 0 Å². The summed E-state index contributed by atoms with van der Waals surface area (Å²) in [7, 11) is 0. The van der Waals surface area contributed by atoms with E-state index in [0.29, 0.717) is 0 Å². The Morgan fingerprint density at radius 3 is 3.00 bits per heavy atom. The number of hydrogen-bond donors (Lipinski definition) is 0. The second-order valence-electron chi connectivity index (χ2n) is 2.20. The maximum atomic E-state index is 9.67. The first-order chi connectivity index (χ1) is 5.33. The molecule has 0 atom stereocenters. The molecule has 0 spiro atoms.